The van der Waals surface area contributed by atoms with E-state index in [-0.39, 0.29) is 0 Å². The van der Waals surface area contributed by atoms with Crippen LogP contribution < -0.4 is 5.32 Å². The maximum absolute atomic E-state index is 4.34. The number of nitrogens with zero attached hydrogens (tertiary/aromatic N) is 4. The van der Waals surface area contributed by atoms with Crippen LogP contribution in [0.2, 0.25) is 0 Å². The van der Waals surface area contributed by atoms with Gasteiger partial charge in [0.05, 0.1) is 6.33 Å². The number of hydrogen-bond acceptors (Lipinski definition) is 4. The summed E-state index contributed by atoms with van der Waals surface area (Å²) >= 11 is 0. The fourth-order valence-electron chi connectivity index (χ4n) is 1.86. The number of aryl methyl sites for hydroxylation is 3. The molecular formula is C13H19N5. The first kappa shape index (κ1) is 12.5. The maximum atomic E-state index is 4.34. The van der Waals surface area contributed by atoms with Gasteiger partial charge in [-0.1, -0.05) is 0 Å². The lowest BCUT2D eigenvalue weighted by atomic mass is 10.3. The Kier molecular flexibility index (Phi) is 4.28. The van der Waals surface area contributed by atoms with Crippen LogP contribution in [0.4, 0.5) is 5.82 Å². The van der Waals surface area contributed by atoms with E-state index in [0.29, 0.717) is 0 Å². The molecule has 0 radical (unpaired) electrons. The lowest BCUT2D eigenvalue weighted by Gasteiger charge is -2.07. The molecule has 96 valence electrons. The molecule has 0 saturated heterocycles. The van der Waals surface area contributed by atoms with Crippen molar-refractivity contribution in [2.45, 2.75) is 33.2 Å². The molecule has 0 spiro atoms. The second-order valence-corrected chi connectivity index (χ2v) is 4.38. The Morgan fingerprint density at radius 1 is 1.22 bits per heavy atom. The average Bonchev–Trinajstić information content (AvgIpc) is 2.80. The van der Waals surface area contributed by atoms with Crippen LogP contribution in [0.3, 0.4) is 0 Å². The van der Waals surface area contributed by atoms with E-state index in [9.17, 15) is 0 Å². The van der Waals surface area contributed by atoms with E-state index in [2.05, 4.69) is 24.8 Å². The monoisotopic (exact) mass is 245 g/mol. The highest BCUT2D eigenvalue weighted by atomic mass is 15.0. The SMILES string of the molecule is Cc1cc(NCCCCn2ccnc2)nc(C)n1. The third-order valence-corrected chi connectivity index (χ3v) is 2.67. The van der Waals surface area contributed by atoms with E-state index in [4.69, 9.17) is 0 Å². The van der Waals surface area contributed by atoms with Gasteiger partial charge in [0.1, 0.15) is 11.6 Å². The van der Waals surface area contributed by atoms with Gasteiger partial charge < -0.3 is 9.88 Å². The number of anilines is 1. The topological polar surface area (TPSA) is 55.6 Å². The third-order valence-electron chi connectivity index (χ3n) is 2.67. The molecule has 0 saturated carbocycles. The van der Waals surface area contributed by atoms with Gasteiger partial charge in [-0.25, -0.2) is 15.0 Å². The summed E-state index contributed by atoms with van der Waals surface area (Å²) in [6.45, 7) is 5.85. The summed E-state index contributed by atoms with van der Waals surface area (Å²) in [6, 6.07) is 1.98. The molecule has 0 aliphatic heterocycles. The van der Waals surface area contributed by atoms with Gasteiger partial charge in [-0.3, -0.25) is 0 Å². The Hall–Kier alpha value is -1.91. The van der Waals surface area contributed by atoms with Gasteiger partial charge in [-0.05, 0) is 26.7 Å². The van der Waals surface area contributed by atoms with Crippen molar-refractivity contribution in [1.82, 2.24) is 19.5 Å². The van der Waals surface area contributed by atoms with E-state index in [0.717, 1.165) is 43.3 Å². The molecule has 0 aliphatic carbocycles. The minimum Gasteiger partial charge on any atom is -0.370 e. The number of unbranched alkanes of at least 4 members (excludes halogenated alkanes) is 1. The zero-order valence-corrected chi connectivity index (χ0v) is 10.9. The smallest absolute Gasteiger partial charge is 0.129 e. The molecule has 2 aromatic heterocycles. The van der Waals surface area contributed by atoms with E-state index in [1.165, 1.54) is 0 Å². The lowest BCUT2D eigenvalue weighted by Crippen LogP contribution is -2.06. The largest absolute Gasteiger partial charge is 0.370 e. The zero-order chi connectivity index (χ0) is 12.8. The van der Waals surface area contributed by atoms with Crippen LogP contribution in [0.1, 0.15) is 24.4 Å². The van der Waals surface area contributed by atoms with Crippen LogP contribution in [-0.4, -0.2) is 26.1 Å². The Balaban J connectivity index is 1.68. The van der Waals surface area contributed by atoms with E-state index < -0.39 is 0 Å². The summed E-state index contributed by atoms with van der Waals surface area (Å²) in [7, 11) is 0. The molecule has 0 atom stereocenters. The fourth-order valence-corrected chi connectivity index (χ4v) is 1.86. The summed E-state index contributed by atoms with van der Waals surface area (Å²) in [5.41, 5.74) is 1.00. The second-order valence-electron chi connectivity index (χ2n) is 4.38. The van der Waals surface area contributed by atoms with Gasteiger partial charge in [0.2, 0.25) is 0 Å². The molecule has 5 nitrogen and oxygen atoms in total. The molecule has 18 heavy (non-hydrogen) atoms. The number of imidazole rings is 1. The highest BCUT2D eigenvalue weighted by Crippen LogP contribution is 2.06. The standard InChI is InChI=1S/C13H19N5/c1-11-9-13(17-12(2)16-11)15-5-3-4-7-18-8-6-14-10-18/h6,8-10H,3-5,7H2,1-2H3,(H,15,16,17). The molecule has 2 rings (SSSR count). The molecule has 0 unspecified atom stereocenters. The van der Waals surface area contributed by atoms with Gasteiger partial charge in [0.15, 0.2) is 0 Å². The van der Waals surface area contributed by atoms with Crippen molar-refractivity contribution in [3.8, 4) is 0 Å². The van der Waals surface area contributed by atoms with Crippen LogP contribution in [0, 0.1) is 13.8 Å². The van der Waals surface area contributed by atoms with E-state index >= 15 is 0 Å². The molecule has 0 amide bonds. The number of rotatable bonds is 6. The highest BCUT2D eigenvalue weighted by molar-refractivity contribution is 5.35. The summed E-state index contributed by atoms with van der Waals surface area (Å²) in [6.07, 6.45) is 7.90. The molecule has 0 aromatic carbocycles. The predicted molar refractivity (Wildman–Crippen MR) is 71.5 cm³/mol. The molecule has 2 aromatic rings. The van der Waals surface area contributed by atoms with Crippen molar-refractivity contribution in [2.75, 3.05) is 11.9 Å². The normalized spacial score (nSPS) is 10.6. The zero-order valence-electron chi connectivity index (χ0n) is 10.9. The fraction of sp³-hybridized carbons (Fsp3) is 0.462. The van der Waals surface area contributed by atoms with Gasteiger partial charge in [-0.2, -0.15) is 0 Å². The quantitative estimate of drug-likeness (QED) is 0.793. The Morgan fingerprint density at radius 2 is 2.11 bits per heavy atom. The lowest BCUT2D eigenvalue weighted by molar-refractivity contribution is 0.620. The predicted octanol–water partition coefficient (Wildman–Crippen LogP) is 2.18. The van der Waals surface area contributed by atoms with Crippen molar-refractivity contribution < 1.29 is 0 Å². The van der Waals surface area contributed by atoms with Crippen LogP contribution in [0.15, 0.2) is 24.8 Å². The molecule has 5 heteroatoms. The van der Waals surface area contributed by atoms with Crippen molar-refractivity contribution in [3.05, 3.63) is 36.3 Å². The summed E-state index contributed by atoms with van der Waals surface area (Å²) in [5.74, 6) is 1.73. The van der Waals surface area contributed by atoms with Gasteiger partial charge in [0.25, 0.3) is 0 Å². The molecule has 1 N–H and O–H groups in total. The Bertz CT molecular complexity index is 458. The number of aromatic nitrogens is 4. The van der Waals surface area contributed by atoms with Crippen molar-refractivity contribution >= 4 is 5.82 Å². The van der Waals surface area contributed by atoms with Gasteiger partial charge in [0, 0.05) is 37.2 Å². The molecule has 0 fully saturated rings. The second kappa shape index (κ2) is 6.14. The number of nitrogens with one attached hydrogen (secondary N) is 1. The first-order valence-electron chi connectivity index (χ1n) is 6.26. The minimum atomic E-state index is 0.816. The van der Waals surface area contributed by atoms with Crippen molar-refractivity contribution in [3.63, 3.8) is 0 Å². The van der Waals surface area contributed by atoms with Crippen LogP contribution in [-0.2, 0) is 6.54 Å². The molecule has 0 bridgehead atoms. The van der Waals surface area contributed by atoms with Crippen LogP contribution >= 0.6 is 0 Å². The van der Waals surface area contributed by atoms with Crippen molar-refractivity contribution in [1.29, 1.82) is 0 Å². The summed E-state index contributed by atoms with van der Waals surface area (Å²) < 4.78 is 2.10. The first-order chi connectivity index (χ1) is 8.74. The summed E-state index contributed by atoms with van der Waals surface area (Å²) in [4.78, 5) is 12.6. The van der Waals surface area contributed by atoms with Gasteiger partial charge >= 0.3 is 0 Å². The van der Waals surface area contributed by atoms with Crippen molar-refractivity contribution in [2.24, 2.45) is 0 Å². The maximum Gasteiger partial charge on any atom is 0.129 e. The first-order valence-corrected chi connectivity index (χ1v) is 6.26. The minimum absolute atomic E-state index is 0.816. The van der Waals surface area contributed by atoms with E-state index in [1.54, 1.807) is 0 Å². The van der Waals surface area contributed by atoms with Crippen LogP contribution in [0.25, 0.3) is 0 Å². The third kappa shape index (κ3) is 3.84. The summed E-state index contributed by atoms with van der Waals surface area (Å²) in [5, 5.41) is 3.33. The Morgan fingerprint density at radius 3 is 2.83 bits per heavy atom. The van der Waals surface area contributed by atoms with Gasteiger partial charge in [-0.15, -0.1) is 0 Å². The van der Waals surface area contributed by atoms with Crippen LogP contribution in [0.5, 0.6) is 0 Å². The van der Waals surface area contributed by atoms with E-state index in [1.807, 2.05) is 38.6 Å². The molecule has 2 heterocycles. The Labute approximate surface area is 107 Å². The number of hydrogen-bond donors (Lipinski definition) is 1. The average molecular weight is 245 g/mol. The molecule has 0 aliphatic rings. The molecular weight excluding hydrogens is 226 g/mol. The highest BCUT2D eigenvalue weighted by Gasteiger charge is 1.97.